The molecule has 0 fully saturated rings. The van der Waals surface area contributed by atoms with E-state index in [-0.39, 0.29) is 11.9 Å². The van der Waals surface area contributed by atoms with Crippen LogP contribution < -0.4 is 16.4 Å². The molecule has 1 unspecified atom stereocenters. The fourth-order valence-corrected chi connectivity index (χ4v) is 3.11. The number of aryl methyl sites for hydroxylation is 1. The molecule has 26 heavy (non-hydrogen) atoms. The third kappa shape index (κ3) is 3.48. The van der Waals surface area contributed by atoms with Crippen molar-refractivity contribution in [2.24, 2.45) is 0 Å². The zero-order valence-corrected chi connectivity index (χ0v) is 16.0. The second kappa shape index (κ2) is 7.29. The van der Waals surface area contributed by atoms with Crippen molar-refractivity contribution in [2.45, 2.75) is 26.4 Å². The Kier molecular flexibility index (Phi) is 5.08. The summed E-state index contributed by atoms with van der Waals surface area (Å²) >= 11 is 3.39. The van der Waals surface area contributed by atoms with Gasteiger partial charge in [0.1, 0.15) is 0 Å². The molecule has 0 aliphatic rings. The number of benzene rings is 2. The molecule has 0 aliphatic heterocycles. The summed E-state index contributed by atoms with van der Waals surface area (Å²) in [6.45, 7) is 4.07. The number of nitrogens with one attached hydrogen (secondary N) is 2. The van der Waals surface area contributed by atoms with E-state index in [1.54, 1.807) is 25.1 Å². The number of rotatable bonds is 4. The molecule has 0 bridgehead atoms. The number of nitrogens with zero attached hydrogens (tertiary/aromatic N) is 1. The Hall–Kier alpha value is -2.67. The minimum Gasteiger partial charge on any atom is -0.346 e. The van der Waals surface area contributed by atoms with Crippen molar-refractivity contribution in [1.82, 2.24) is 14.9 Å². The van der Waals surface area contributed by atoms with Gasteiger partial charge in [-0.2, -0.15) is 0 Å². The van der Waals surface area contributed by atoms with E-state index < -0.39 is 11.1 Å². The van der Waals surface area contributed by atoms with Gasteiger partial charge in [-0.25, -0.2) is 0 Å². The molecule has 1 heterocycles. The van der Waals surface area contributed by atoms with Crippen LogP contribution in [0.2, 0.25) is 0 Å². The quantitative estimate of drug-likeness (QED) is 0.642. The minimum absolute atomic E-state index is 0.171. The molecule has 134 valence electrons. The number of carbonyl (C=O) groups excluding carboxylic acids is 1. The highest BCUT2D eigenvalue weighted by atomic mass is 79.9. The lowest BCUT2D eigenvalue weighted by Crippen LogP contribution is -2.36. The van der Waals surface area contributed by atoms with Crippen LogP contribution in [0.4, 0.5) is 0 Å². The Bertz CT molecular complexity index is 1080. The van der Waals surface area contributed by atoms with Crippen molar-refractivity contribution >= 4 is 32.9 Å². The fourth-order valence-electron chi connectivity index (χ4n) is 2.85. The maximum absolute atomic E-state index is 12.6. The van der Waals surface area contributed by atoms with Crippen LogP contribution in [0.3, 0.4) is 0 Å². The van der Waals surface area contributed by atoms with Gasteiger partial charge in [-0.15, -0.1) is 0 Å². The lowest BCUT2D eigenvalue weighted by molar-refractivity contribution is 0.0940. The summed E-state index contributed by atoms with van der Waals surface area (Å²) in [5.74, 6) is -0.252. The average Bonchev–Trinajstić information content (AvgIpc) is 2.63. The third-order valence-corrected chi connectivity index (χ3v) is 4.80. The Morgan fingerprint density at radius 3 is 2.54 bits per heavy atom. The number of aromatic nitrogens is 2. The van der Waals surface area contributed by atoms with Crippen LogP contribution in [0.1, 0.15) is 35.8 Å². The summed E-state index contributed by atoms with van der Waals surface area (Å²) in [6.07, 6.45) is 0. The van der Waals surface area contributed by atoms with Gasteiger partial charge in [0.25, 0.3) is 5.91 Å². The van der Waals surface area contributed by atoms with Gasteiger partial charge in [0.15, 0.2) is 0 Å². The number of hydrogen-bond donors (Lipinski definition) is 2. The van der Waals surface area contributed by atoms with E-state index in [4.69, 9.17) is 0 Å². The molecule has 2 aromatic carbocycles. The fraction of sp³-hybridized carbons (Fsp3) is 0.211. The highest BCUT2D eigenvalue weighted by Gasteiger charge is 2.13. The lowest BCUT2D eigenvalue weighted by Gasteiger charge is -2.15. The highest BCUT2D eigenvalue weighted by Crippen LogP contribution is 2.18. The molecular weight excluding hydrogens is 398 g/mol. The van der Waals surface area contributed by atoms with Crippen molar-refractivity contribution in [1.29, 1.82) is 0 Å². The smallest absolute Gasteiger partial charge is 0.316 e. The summed E-state index contributed by atoms with van der Waals surface area (Å²) < 4.78 is 2.36. The van der Waals surface area contributed by atoms with Gasteiger partial charge in [0.2, 0.25) is 0 Å². The van der Waals surface area contributed by atoms with Gasteiger partial charge in [0, 0.05) is 16.6 Å². The van der Waals surface area contributed by atoms with Gasteiger partial charge in [-0.3, -0.25) is 14.4 Å². The molecular formula is C19H18BrN3O3. The maximum atomic E-state index is 12.6. The monoisotopic (exact) mass is 415 g/mol. The Balaban J connectivity index is 1.91. The molecule has 1 aromatic heterocycles. The molecule has 0 spiro atoms. The second-order valence-corrected chi connectivity index (χ2v) is 6.90. The van der Waals surface area contributed by atoms with Crippen LogP contribution in [-0.2, 0) is 6.54 Å². The van der Waals surface area contributed by atoms with Crippen LogP contribution in [0.5, 0.6) is 0 Å². The Morgan fingerprint density at radius 1 is 1.19 bits per heavy atom. The van der Waals surface area contributed by atoms with E-state index in [0.29, 0.717) is 23.1 Å². The maximum Gasteiger partial charge on any atom is 0.316 e. The number of amides is 1. The van der Waals surface area contributed by atoms with Crippen molar-refractivity contribution in [2.75, 3.05) is 0 Å². The van der Waals surface area contributed by atoms with Crippen LogP contribution in [-0.4, -0.2) is 15.5 Å². The zero-order valence-electron chi connectivity index (χ0n) is 14.4. The minimum atomic E-state index is -0.694. The van der Waals surface area contributed by atoms with Crippen LogP contribution in [0.15, 0.2) is 56.5 Å². The first-order valence-corrected chi connectivity index (χ1v) is 9.03. The number of carbonyl (C=O) groups is 1. The van der Waals surface area contributed by atoms with E-state index in [9.17, 15) is 14.4 Å². The average molecular weight is 416 g/mol. The van der Waals surface area contributed by atoms with Gasteiger partial charge < -0.3 is 14.9 Å². The molecule has 0 radical (unpaired) electrons. The standard InChI is InChI=1S/C19H18BrN3O3/c1-3-23-16-9-6-13(10-15(16)22-18(25)19(23)26)17(24)21-11(2)12-4-7-14(20)8-5-12/h4-11H,3H2,1-2H3,(H,21,24)(H,22,25). The first-order chi connectivity index (χ1) is 12.4. The van der Waals surface area contributed by atoms with Crippen molar-refractivity contribution in [3.05, 3.63) is 78.8 Å². The van der Waals surface area contributed by atoms with Gasteiger partial charge in [0.05, 0.1) is 17.1 Å². The van der Waals surface area contributed by atoms with Gasteiger partial charge >= 0.3 is 11.1 Å². The summed E-state index contributed by atoms with van der Waals surface area (Å²) in [7, 11) is 0. The van der Waals surface area contributed by atoms with Crippen molar-refractivity contribution in [3.8, 4) is 0 Å². The second-order valence-electron chi connectivity index (χ2n) is 5.98. The van der Waals surface area contributed by atoms with E-state index >= 15 is 0 Å². The highest BCUT2D eigenvalue weighted by molar-refractivity contribution is 9.10. The van der Waals surface area contributed by atoms with Crippen LogP contribution >= 0.6 is 15.9 Å². The van der Waals surface area contributed by atoms with Crippen molar-refractivity contribution in [3.63, 3.8) is 0 Å². The van der Waals surface area contributed by atoms with E-state index in [1.807, 2.05) is 31.2 Å². The lowest BCUT2D eigenvalue weighted by atomic mass is 10.1. The van der Waals surface area contributed by atoms with Gasteiger partial charge in [-0.1, -0.05) is 28.1 Å². The molecule has 0 aliphatic carbocycles. The Labute approximate surface area is 158 Å². The number of hydrogen-bond acceptors (Lipinski definition) is 3. The molecule has 1 amide bonds. The topological polar surface area (TPSA) is 84.0 Å². The third-order valence-electron chi connectivity index (χ3n) is 4.27. The molecule has 1 atom stereocenters. The summed E-state index contributed by atoms with van der Waals surface area (Å²) in [4.78, 5) is 38.8. The predicted octanol–water partition coefficient (Wildman–Crippen LogP) is 2.96. The zero-order chi connectivity index (χ0) is 18.8. The molecule has 0 saturated heterocycles. The predicted molar refractivity (Wildman–Crippen MR) is 105 cm³/mol. The SMILES string of the molecule is CCn1c(=O)c(=O)[nH]c2cc(C(=O)NC(C)c3ccc(Br)cc3)ccc21. The first-order valence-electron chi connectivity index (χ1n) is 8.24. The molecule has 6 nitrogen and oxygen atoms in total. The molecule has 2 N–H and O–H groups in total. The normalized spacial score (nSPS) is 12.1. The van der Waals surface area contributed by atoms with Crippen molar-refractivity contribution < 1.29 is 4.79 Å². The van der Waals surface area contributed by atoms with E-state index in [2.05, 4.69) is 26.2 Å². The first kappa shape index (κ1) is 18.1. The summed E-state index contributed by atoms with van der Waals surface area (Å²) in [5.41, 5.74) is 1.16. The Morgan fingerprint density at radius 2 is 1.88 bits per heavy atom. The molecule has 0 saturated carbocycles. The number of H-pyrrole nitrogens is 1. The van der Waals surface area contributed by atoms with Crippen LogP contribution in [0.25, 0.3) is 11.0 Å². The number of fused-ring (bicyclic) bond motifs is 1. The van der Waals surface area contributed by atoms with Crippen LogP contribution in [0, 0.1) is 0 Å². The number of aromatic amines is 1. The molecule has 7 heteroatoms. The van der Waals surface area contributed by atoms with Gasteiger partial charge in [-0.05, 0) is 49.7 Å². The molecule has 3 aromatic rings. The summed E-state index contributed by atoms with van der Waals surface area (Å²) in [6, 6.07) is 12.5. The molecule has 3 rings (SSSR count). The number of halogens is 1. The van der Waals surface area contributed by atoms with E-state index in [0.717, 1.165) is 10.0 Å². The summed E-state index contributed by atoms with van der Waals surface area (Å²) in [5, 5.41) is 2.94. The largest absolute Gasteiger partial charge is 0.346 e. The van der Waals surface area contributed by atoms with E-state index in [1.165, 1.54) is 4.57 Å².